The van der Waals surface area contributed by atoms with Crippen LogP contribution in [-0.4, -0.2) is 32.5 Å². The number of amides is 2. The van der Waals surface area contributed by atoms with Gasteiger partial charge in [0.15, 0.2) is 9.84 Å². The molecule has 0 heterocycles. The second-order valence-electron chi connectivity index (χ2n) is 9.66. The maximum absolute atomic E-state index is 13.1. The van der Waals surface area contributed by atoms with Gasteiger partial charge in [-0.3, -0.25) is 9.59 Å². The number of halogens is 1. The SMILES string of the molecule is CS(=O)(=O)c1ccccc1-c1ccc(NC(=O)[C@H]2CCC[C@H]2NC(=O)c2ccc3cc(Cl)ccc3c2)cc1. The van der Waals surface area contributed by atoms with Crippen LogP contribution < -0.4 is 10.6 Å². The first-order chi connectivity index (χ1) is 18.2. The lowest BCUT2D eigenvalue weighted by Gasteiger charge is -2.21. The number of rotatable bonds is 6. The average molecular weight is 547 g/mol. The van der Waals surface area contributed by atoms with Crippen molar-refractivity contribution in [3.8, 4) is 11.1 Å². The van der Waals surface area contributed by atoms with Crippen molar-refractivity contribution in [3.05, 3.63) is 95.5 Å². The summed E-state index contributed by atoms with van der Waals surface area (Å²) in [4.78, 5) is 26.4. The van der Waals surface area contributed by atoms with Gasteiger partial charge in [-0.15, -0.1) is 0 Å². The largest absolute Gasteiger partial charge is 0.349 e. The van der Waals surface area contributed by atoms with Crippen LogP contribution in [0.15, 0.2) is 89.8 Å². The molecule has 8 heteroatoms. The highest BCUT2D eigenvalue weighted by Crippen LogP contribution is 2.30. The molecular formula is C30H27ClN2O4S. The van der Waals surface area contributed by atoms with E-state index < -0.39 is 9.84 Å². The van der Waals surface area contributed by atoms with Crippen LogP contribution >= 0.6 is 11.6 Å². The Hall–Kier alpha value is -3.68. The Morgan fingerprint density at radius 2 is 1.58 bits per heavy atom. The van der Waals surface area contributed by atoms with Gasteiger partial charge < -0.3 is 10.6 Å². The second-order valence-corrected chi connectivity index (χ2v) is 12.1. The van der Waals surface area contributed by atoms with E-state index in [2.05, 4.69) is 10.6 Å². The summed E-state index contributed by atoms with van der Waals surface area (Å²) in [6, 6.07) is 24.7. The molecule has 5 rings (SSSR count). The van der Waals surface area contributed by atoms with Crippen molar-refractivity contribution in [2.45, 2.75) is 30.2 Å². The lowest BCUT2D eigenvalue weighted by molar-refractivity contribution is -0.120. The van der Waals surface area contributed by atoms with Crippen LogP contribution in [0.5, 0.6) is 0 Å². The number of anilines is 1. The Labute approximate surface area is 226 Å². The summed E-state index contributed by atoms with van der Waals surface area (Å²) in [6.07, 6.45) is 3.45. The maximum Gasteiger partial charge on any atom is 0.251 e. The van der Waals surface area contributed by atoms with Gasteiger partial charge in [-0.25, -0.2) is 8.42 Å². The van der Waals surface area contributed by atoms with Crippen molar-refractivity contribution in [1.82, 2.24) is 5.32 Å². The molecule has 0 radical (unpaired) electrons. The van der Waals surface area contributed by atoms with E-state index in [9.17, 15) is 18.0 Å². The van der Waals surface area contributed by atoms with Gasteiger partial charge in [0, 0.05) is 34.1 Å². The molecule has 2 amide bonds. The number of carbonyl (C=O) groups is 2. The standard InChI is InChI=1S/C30H27ClN2O4S/c1-38(36,37)28-8-3-2-5-25(28)19-12-15-24(16-13-19)32-30(35)26-6-4-7-27(26)33-29(34)22-10-9-21-18-23(31)14-11-20(21)17-22/h2-3,5,8-18,26-27H,4,6-7H2,1H3,(H,32,35)(H,33,34)/t26-,27+/m0/s1. The molecule has 2 N–H and O–H groups in total. The van der Waals surface area contributed by atoms with Crippen molar-refractivity contribution < 1.29 is 18.0 Å². The Kier molecular flexibility index (Phi) is 7.23. The van der Waals surface area contributed by atoms with E-state index in [0.29, 0.717) is 28.3 Å². The molecule has 1 fully saturated rings. The molecule has 4 aromatic carbocycles. The molecular weight excluding hydrogens is 520 g/mol. The Bertz CT molecular complexity index is 1630. The molecule has 38 heavy (non-hydrogen) atoms. The Morgan fingerprint density at radius 3 is 2.34 bits per heavy atom. The van der Waals surface area contributed by atoms with Crippen LogP contribution in [0.1, 0.15) is 29.6 Å². The number of benzene rings is 4. The highest BCUT2D eigenvalue weighted by Gasteiger charge is 2.34. The van der Waals surface area contributed by atoms with E-state index in [4.69, 9.17) is 11.6 Å². The van der Waals surface area contributed by atoms with Gasteiger partial charge in [-0.1, -0.05) is 60.5 Å². The number of hydrogen-bond donors (Lipinski definition) is 2. The van der Waals surface area contributed by atoms with E-state index >= 15 is 0 Å². The lowest BCUT2D eigenvalue weighted by Crippen LogP contribution is -2.41. The summed E-state index contributed by atoms with van der Waals surface area (Å²) in [7, 11) is -3.38. The zero-order valence-corrected chi connectivity index (χ0v) is 22.4. The minimum absolute atomic E-state index is 0.148. The van der Waals surface area contributed by atoms with Gasteiger partial charge in [-0.05, 0) is 71.6 Å². The van der Waals surface area contributed by atoms with Crippen LogP contribution in [0.3, 0.4) is 0 Å². The van der Waals surface area contributed by atoms with Gasteiger partial charge >= 0.3 is 0 Å². The molecule has 0 spiro atoms. The zero-order valence-electron chi connectivity index (χ0n) is 20.8. The summed E-state index contributed by atoms with van der Waals surface area (Å²) >= 11 is 6.06. The summed E-state index contributed by atoms with van der Waals surface area (Å²) in [5.74, 6) is -0.700. The first-order valence-corrected chi connectivity index (χ1v) is 14.7. The molecule has 2 atom stereocenters. The zero-order chi connectivity index (χ0) is 26.9. The third-order valence-corrected chi connectivity index (χ3v) is 8.37. The highest BCUT2D eigenvalue weighted by molar-refractivity contribution is 7.90. The maximum atomic E-state index is 13.1. The number of carbonyl (C=O) groups excluding carboxylic acids is 2. The minimum atomic E-state index is -3.38. The normalized spacial score (nSPS) is 17.3. The quantitative estimate of drug-likeness (QED) is 0.305. The van der Waals surface area contributed by atoms with Crippen molar-refractivity contribution in [1.29, 1.82) is 0 Å². The molecule has 0 unspecified atom stereocenters. The molecule has 0 aromatic heterocycles. The summed E-state index contributed by atoms with van der Waals surface area (Å²) < 4.78 is 24.3. The third-order valence-electron chi connectivity index (χ3n) is 6.98. The van der Waals surface area contributed by atoms with Gasteiger partial charge in [0.25, 0.3) is 5.91 Å². The van der Waals surface area contributed by atoms with Crippen LogP contribution in [0.25, 0.3) is 21.9 Å². The summed E-state index contributed by atoms with van der Waals surface area (Å²) in [5, 5.41) is 8.53. The number of nitrogens with one attached hydrogen (secondary N) is 2. The highest BCUT2D eigenvalue weighted by atomic mass is 35.5. The molecule has 0 aliphatic heterocycles. The van der Waals surface area contributed by atoms with E-state index in [1.54, 1.807) is 60.7 Å². The van der Waals surface area contributed by atoms with E-state index in [-0.39, 0.29) is 28.7 Å². The molecule has 1 aliphatic carbocycles. The molecule has 0 saturated heterocycles. The van der Waals surface area contributed by atoms with Crippen LogP contribution in [0.2, 0.25) is 5.02 Å². The third kappa shape index (κ3) is 5.59. The molecule has 6 nitrogen and oxygen atoms in total. The average Bonchev–Trinajstić information content (AvgIpc) is 3.36. The topological polar surface area (TPSA) is 92.3 Å². The van der Waals surface area contributed by atoms with Crippen molar-refractivity contribution in [2.75, 3.05) is 11.6 Å². The predicted octanol–water partition coefficient (Wildman–Crippen LogP) is 6.10. The molecule has 1 saturated carbocycles. The van der Waals surface area contributed by atoms with Crippen molar-refractivity contribution in [2.24, 2.45) is 5.92 Å². The monoisotopic (exact) mass is 546 g/mol. The fourth-order valence-electron chi connectivity index (χ4n) is 5.05. The number of sulfone groups is 1. The molecule has 0 bridgehead atoms. The fourth-order valence-corrected chi connectivity index (χ4v) is 6.14. The van der Waals surface area contributed by atoms with E-state index in [1.807, 2.05) is 24.3 Å². The first kappa shape index (κ1) is 25.9. The first-order valence-electron chi connectivity index (χ1n) is 12.4. The van der Waals surface area contributed by atoms with Gasteiger partial charge in [0.05, 0.1) is 10.8 Å². The predicted molar refractivity (Wildman–Crippen MR) is 151 cm³/mol. The Balaban J connectivity index is 1.26. The van der Waals surface area contributed by atoms with E-state index in [1.165, 1.54) is 6.26 Å². The van der Waals surface area contributed by atoms with Crippen LogP contribution in [-0.2, 0) is 14.6 Å². The van der Waals surface area contributed by atoms with Gasteiger partial charge in [0.1, 0.15) is 0 Å². The molecule has 4 aromatic rings. The van der Waals surface area contributed by atoms with Crippen molar-refractivity contribution in [3.63, 3.8) is 0 Å². The van der Waals surface area contributed by atoms with E-state index in [0.717, 1.165) is 29.2 Å². The smallest absolute Gasteiger partial charge is 0.251 e. The fraction of sp³-hybridized carbons (Fsp3) is 0.200. The lowest BCUT2D eigenvalue weighted by atomic mass is 10.0. The summed E-state index contributed by atoms with van der Waals surface area (Å²) in [6.45, 7) is 0. The van der Waals surface area contributed by atoms with Crippen molar-refractivity contribution >= 4 is 49.7 Å². The van der Waals surface area contributed by atoms with Gasteiger partial charge in [-0.2, -0.15) is 0 Å². The second kappa shape index (κ2) is 10.6. The molecule has 194 valence electrons. The minimum Gasteiger partial charge on any atom is -0.349 e. The molecule has 1 aliphatic rings. The van der Waals surface area contributed by atoms with Gasteiger partial charge in [0.2, 0.25) is 5.91 Å². The number of fused-ring (bicyclic) bond motifs is 1. The van der Waals surface area contributed by atoms with Crippen LogP contribution in [0.4, 0.5) is 5.69 Å². The summed E-state index contributed by atoms with van der Waals surface area (Å²) in [5.41, 5.74) is 2.51. The number of hydrogen-bond acceptors (Lipinski definition) is 4. The Morgan fingerprint density at radius 1 is 0.868 bits per heavy atom. The van der Waals surface area contributed by atoms with Crippen LogP contribution in [0, 0.1) is 5.92 Å².